The second-order valence-corrected chi connectivity index (χ2v) is 5.68. The summed E-state index contributed by atoms with van der Waals surface area (Å²) in [6, 6.07) is 7.88. The molecule has 98 valence electrons. The van der Waals surface area contributed by atoms with E-state index < -0.39 is 5.97 Å². The Bertz CT molecular complexity index is 600. The summed E-state index contributed by atoms with van der Waals surface area (Å²) in [4.78, 5) is 20.9. The number of hydrogen-bond acceptors (Lipinski definition) is 5. The van der Waals surface area contributed by atoms with E-state index >= 15 is 0 Å². The van der Waals surface area contributed by atoms with Crippen LogP contribution in [-0.4, -0.2) is 27.3 Å². The number of rotatable bonds is 4. The van der Waals surface area contributed by atoms with Crippen molar-refractivity contribution < 1.29 is 9.90 Å². The van der Waals surface area contributed by atoms with Gasteiger partial charge in [-0.2, -0.15) is 0 Å². The number of aryl methyl sites for hydroxylation is 1. The summed E-state index contributed by atoms with van der Waals surface area (Å²) in [5.74, 6) is -1.03. The van der Waals surface area contributed by atoms with Crippen LogP contribution >= 0.6 is 23.5 Å². The standard InChI is InChI=1S/C13H12N2O2S2/c1-8-3-5-9(6-4-8)19-10-7-14-13(18-2)15-11(10)12(16)17/h3-7H,1-2H3,(H,16,17). The molecule has 0 bridgehead atoms. The van der Waals surface area contributed by atoms with Crippen molar-refractivity contribution in [2.24, 2.45) is 0 Å². The number of benzene rings is 1. The third-order valence-corrected chi connectivity index (χ3v) is 3.96. The topological polar surface area (TPSA) is 63.1 Å². The van der Waals surface area contributed by atoms with Gasteiger partial charge in [0, 0.05) is 11.1 Å². The number of aromatic nitrogens is 2. The summed E-state index contributed by atoms with van der Waals surface area (Å²) in [7, 11) is 0. The van der Waals surface area contributed by atoms with E-state index in [0.29, 0.717) is 10.1 Å². The average molecular weight is 292 g/mol. The van der Waals surface area contributed by atoms with E-state index in [9.17, 15) is 9.90 Å². The molecule has 0 saturated heterocycles. The van der Waals surface area contributed by atoms with Gasteiger partial charge in [0.2, 0.25) is 0 Å². The summed E-state index contributed by atoms with van der Waals surface area (Å²) in [5, 5.41) is 9.66. The molecule has 0 spiro atoms. The van der Waals surface area contributed by atoms with Gasteiger partial charge in [0.05, 0.1) is 4.90 Å². The molecule has 1 aromatic carbocycles. The van der Waals surface area contributed by atoms with Gasteiger partial charge in [-0.25, -0.2) is 14.8 Å². The molecule has 0 aliphatic rings. The highest BCUT2D eigenvalue weighted by molar-refractivity contribution is 7.99. The number of carboxylic acid groups (broad SMARTS) is 1. The molecule has 0 aliphatic carbocycles. The van der Waals surface area contributed by atoms with Crippen LogP contribution in [0.15, 0.2) is 45.4 Å². The molecule has 6 heteroatoms. The van der Waals surface area contributed by atoms with Crippen molar-refractivity contribution in [1.29, 1.82) is 0 Å². The van der Waals surface area contributed by atoms with E-state index in [2.05, 4.69) is 9.97 Å². The molecule has 0 saturated carbocycles. The third kappa shape index (κ3) is 3.48. The minimum Gasteiger partial charge on any atom is -0.476 e. The Kier molecular flexibility index (Phi) is 4.44. The smallest absolute Gasteiger partial charge is 0.355 e. The SMILES string of the molecule is CSc1ncc(Sc2ccc(C)cc2)c(C(=O)O)n1. The molecule has 0 radical (unpaired) electrons. The zero-order valence-corrected chi connectivity index (χ0v) is 12.1. The first kappa shape index (κ1) is 13.9. The van der Waals surface area contributed by atoms with Crippen molar-refractivity contribution in [2.45, 2.75) is 21.9 Å². The van der Waals surface area contributed by atoms with Gasteiger partial charge in [-0.3, -0.25) is 0 Å². The first-order valence-electron chi connectivity index (χ1n) is 5.49. The van der Waals surface area contributed by atoms with Crippen molar-refractivity contribution in [3.63, 3.8) is 0 Å². The highest BCUT2D eigenvalue weighted by atomic mass is 32.2. The normalized spacial score (nSPS) is 10.4. The Hall–Kier alpha value is -1.53. The van der Waals surface area contributed by atoms with Crippen LogP contribution in [0, 0.1) is 6.92 Å². The summed E-state index contributed by atoms with van der Waals surface area (Å²) < 4.78 is 0. The molecule has 0 fully saturated rings. The van der Waals surface area contributed by atoms with Crippen LogP contribution in [0.3, 0.4) is 0 Å². The predicted octanol–water partition coefficient (Wildman–Crippen LogP) is 3.36. The Labute approximate surface area is 119 Å². The maximum absolute atomic E-state index is 11.2. The minimum atomic E-state index is -1.03. The maximum atomic E-state index is 11.2. The van der Waals surface area contributed by atoms with Crippen molar-refractivity contribution >= 4 is 29.5 Å². The molecule has 0 aliphatic heterocycles. The fourth-order valence-electron chi connectivity index (χ4n) is 1.41. The Morgan fingerprint density at radius 3 is 2.53 bits per heavy atom. The molecule has 1 aromatic heterocycles. The van der Waals surface area contributed by atoms with Crippen LogP contribution in [-0.2, 0) is 0 Å². The number of carbonyl (C=O) groups is 1. The molecule has 1 N–H and O–H groups in total. The summed E-state index contributed by atoms with van der Waals surface area (Å²) >= 11 is 2.68. The van der Waals surface area contributed by atoms with Crippen LogP contribution in [0.2, 0.25) is 0 Å². The number of carboxylic acids is 1. The fourth-order valence-corrected chi connectivity index (χ4v) is 2.62. The molecule has 4 nitrogen and oxygen atoms in total. The number of thioether (sulfide) groups is 1. The molecule has 0 unspecified atom stereocenters. The summed E-state index contributed by atoms with van der Waals surface area (Å²) in [6.07, 6.45) is 3.38. The highest BCUT2D eigenvalue weighted by Crippen LogP contribution is 2.30. The van der Waals surface area contributed by atoms with Crippen LogP contribution in [0.1, 0.15) is 16.1 Å². The Morgan fingerprint density at radius 1 is 1.26 bits per heavy atom. The molecular weight excluding hydrogens is 280 g/mol. The van der Waals surface area contributed by atoms with Crippen molar-refractivity contribution in [1.82, 2.24) is 9.97 Å². The maximum Gasteiger partial charge on any atom is 0.355 e. The fraction of sp³-hybridized carbons (Fsp3) is 0.154. The lowest BCUT2D eigenvalue weighted by Gasteiger charge is -2.06. The van der Waals surface area contributed by atoms with Crippen LogP contribution < -0.4 is 0 Å². The average Bonchev–Trinajstić information content (AvgIpc) is 2.41. The molecule has 19 heavy (non-hydrogen) atoms. The van der Waals surface area contributed by atoms with Crippen molar-refractivity contribution in [3.05, 3.63) is 41.7 Å². The predicted molar refractivity (Wildman–Crippen MR) is 76.1 cm³/mol. The van der Waals surface area contributed by atoms with Gasteiger partial charge in [-0.05, 0) is 25.3 Å². The molecular formula is C13H12N2O2S2. The first-order chi connectivity index (χ1) is 9.10. The van der Waals surface area contributed by atoms with Gasteiger partial charge < -0.3 is 5.11 Å². The minimum absolute atomic E-state index is 0.0462. The van der Waals surface area contributed by atoms with E-state index in [-0.39, 0.29) is 5.69 Å². The van der Waals surface area contributed by atoms with E-state index in [1.165, 1.54) is 23.5 Å². The van der Waals surface area contributed by atoms with Crippen LogP contribution in [0.4, 0.5) is 0 Å². The first-order valence-corrected chi connectivity index (χ1v) is 7.53. The third-order valence-electron chi connectivity index (χ3n) is 2.37. The van der Waals surface area contributed by atoms with Gasteiger partial charge in [0.25, 0.3) is 0 Å². The quantitative estimate of drug-likeness (QED) is 0.688. The van der Waals surface area contributed by atoms with Crippen molar-refractivity contribution in [3.8, 4) is 0 Å². The van der Waals surface area contributed by atoms with Crippen LogP contribution in [0.25, 0.3) is 0 Å². The van der Waals surface area contributed by atoms with E-state index in [1.807, 2.05) is 37.4 Å². The van der Waals surface area contributed by atoms with E-state index in [1.54, 1.807) is 6.20 Å². The summed E-state index contributed by atoms with van der Waals surface area (Å²) in [6.45, 7) is 2.01. The zero-order chi connectivity index (χ0) is 13.8. The Balaban J connectivity index is 2.33. The lowest BCUT2D eigenvalue weighted by atomic mass is 10.2. The van der Waals surface area contributed by atoms with Crippen molar-refractivity contribution in [2.75, 3.05) is 6.26 Å². The zero-order valence-electron chi connectivity index (χ0n) is 10.5. The van der Waals surface area contributed by atoms with E-state index in [4.69, 9.17) is 0 Å². The van der Waals surface area contributed by atoms with Gasteiger partial charge in [0.1, 0.15) is 0 Å². The van der Waals surface area contributed by atoms with Gasteiger partial charge in [-0.1, -0.05) is 41.2 Å². The molecule has 0 amide bonds. The van der Waals surface area contributed by atoms with E-state index in [0.717, 1.165) is 10.5 Å². The largest absolute Gasteiger partial charge is 0.476 e. The molecule has 1 heterocycles. The number of aromatic carboxylic acids is 1. The molecule has 2 rings (SSSR count). The number of hydrogen-bond donors (Lipinski definition) is 1. The number of nitrogens with zero attached hydrogens (tertiary/aromatic N) is 2. The lowest BCUT2D eigenvalue weighted by Crippen LogP contribution is -2.04. The molecule has 0 atom stereocenters. The Morgan fingerprint density at radius 2 is 1.95 bits per heavy atom. The second-order valence-electron chi connectivity index (χ2n) is 3.79. The highest BCUT2D eigenvalue weighted by Gasteiger charge is 2.15. The lowest BCUT2D eigenvalue weighted by molar-refractivity contribution is 0.0685. The molecule has 2 aromatic rings. The van der Waals surface area contributed by atoms with Gasteiger partial charge in [0.15, 0.2) is 10.9 Å². The summed E-state index contributed by atoms with van der Waals surface area (Å²) in [5.41, 5.74) is 1.21. The van der Waals surface area contributed by atoms with Crippen LogP contribution in [0.5, 0.6) is 0 Å². The van der Waals surface area contributed by atoms with Gasteiger partial charge >= 0.3 is 5.97 Å². The monoisotopic (exact) mass is 292 g/mol. The van der Waals surface area contributed by atoms with Gasteiger partial charge in [-0.15, -0.1) is 0 Å². The second kappa shape index (κ2) is 6.08.